The summed E-state index contributed by atoms with van der Waals surface area (Å²) in [6.07, 6.45) is -1.12. The van der Waals surface area contributed by atoms with Crippen molar-refractivity contribution in [1.82, 2.24) is 5.32 Å². The van der Waals surface area contributed by atoms with Gasteiger partial charge in [-0.3, -0.25) is 0 Å². The molecule has 0 aliphatic rings. The van der Waals surface area contributed by atoms with Crippen molar-refractivity contribution in [2.75, 3.05) is 6.54 Å². The number of nitrogens with one attached hydrogen (secondary N) is 1. The summed E-state index contributed by atoms with van der Waals surface area (Å²) in [5.41, 5.74) is 4.08. The number of aliphatic hydroxyl groups is 2. The van der Waals surface area contributed by atoms with E-state index in [0.29, 0.717) is 5.56 Å². The van der Waals surface area contributed by atoms with Gasteiger partial charge in [0.15, 0.2) is 0 Å². The molecule has 0 aromatic heterocycles. The Morgan fingerprint density at radius 3 is 2.26 bits per heavy atom. The zero-order chi connectivity index (χ0) is 16.7. The van der Waals surface area contributed by atoms with Crippen molar-refractivity contribution in [2.45, 2.75) is 13.2 Å². The van der Waals surface area contributed by atoms with Crippen molar-refractivity contribution >= 4 is 6.09 Å². The number of carboxylic acid groups (broad SMARTS) is 1. The highest BCUT2D eigenvalue weighted by atomic mass is 16.4. The average molecular weight is 311 g/mol. The van der Waals surface area contributed by atoms with E-state index >= 15 is 0 Å². The molecule has 0 saturated heterocycles. The lowest BCUT2D eigenvalue weighted by molar-refractivity contribution is 0.196. The van der Waals surface area contributed by atoms with E-state index in [2.05, 4.69) is 17.2 Å². The van der Waals surface area contributed by atoms with Crippen molar-refractivity contribution in [3.63, 3.8) is 0 Å². The van der Waals surface area contributed by atoms with Gasteiger partial charge in [-0.15, -0.1) is 0 Å². The Balaban J connectivity index is 2.35. The largest absolute Gasteiger partial charge is 0.465 e. The van der Waals surface area contributed by atoms with Crippen LogP contribution in [0.4, 0.5) is 4.79 Å². The van der Waals surface area contributed by atoms with Crippen molar-refractivity contribution in [1.29, 1.82) is 0 Å². The van der Waals surface area contributed by atoms with Crippen LogP contribution < -0.4 is 5.32 Å². The highest BCUT2D eigenvalue weighted by Crippen LogP contribution is 2.25. The topological polar surface area (TPSA) is 89.8 Å². The van der Waals surface area contributed by atoms with Crippen molar-refractivity contribution in [3.05, 3.63) is 59.2 Å². The van der Waals surface area contributed by atoms with Crippen LogP contribution in [0.2, 0.25) is 0 Å². The van der Waals surface area contributed by atoms with Crippen LogP contribution in [0, 0.1) is 11.8 Å². The van der Waals surface area contributed by atoms with Gasteiger partial charge in [-0.2, -0.15) is 0 Å². The second-order valence-corrected chi connectivity index (χ2v) is 4.85. The Morgan fingerprint density at radius 1 is 1.00 bits per heavy atom. The van der Waals surface area contributed by atoms with E-state index in [9.17, 15) is 9.90 Å². The number of rotatable bonds is 4. The van der Waals surface area contributed by atoms with E-state index in [0.717, 1.165) is 22.3 Å². The summed E-state index contributed by atoms with van der Waals surface area (Å²) in [5.74, 6) is 5.69. The first-order valence-electron chi connectivity index (χ1n) is 7.03. The summed E-state index contributed by atoms with van der Waals surface area (Å²) in [6.45, 7) is -0.0788. The predicted octanol–water partition coefficient (Wildman–Crippen LogP) is 1.96. The lowest BCUT2D eigenvalue weighted by Gasteiger charge is -2.08. The molecule has 0 fully saturated rings. The normalized spacial score (nSPS) is 9.83. The van der Waals surface area contributed by atoms with Crippen LogP contribution in [0.3, 0.4) is 0 Å². The summed E-state index contributed by atoms with van der Waals surface area (Å²) in [7, 11) is 0. The number of hydrogen-bond acceptors (Lipinski definition) is 3. The first-order valence-corrected chi connectivity index (χ1v) is 7.03. The fraction of sp³-hybridized carbons (Fsp3) is 0.167. The van der Waals surface area contributed by atoms with Crippen LogP contribution in [0.15, 0.2) is 42.5 Å². The molecule has 118 valence electrons. The van der Waals surface area contributed by atoms with Crippen molar-refractivity contribution in [3.8, 4) is 23.0 Å². The molecule has 0 radical (unpaired) electrons. The molecule has 1 amide bonds. The molecule has 0 unspecified atom stereocenters. The zero-order valence-corrected chi connectivity index (χ0v) is 12.4. The van der Waals surface area contributed by atoms with Crippen molar-refractivity contribution < 1.29 is 20.1 Å². The van der Waals surface area contributed by atoms with E-state index in [1.54, 1.807) is 6.07 Å². The van der Waals surface area contributed by atoms with Gasteiger partial charge < -0.3 is 20.6 Å². The lowest BCUT2D eigenvalue weighted by atomic mass is 9.97. The van der Waals surface area contributed by atoms with Gasteiger partial charge in [0.05, 0.1) is 19.8 Å². The first kappa shape index (κ1) is 16.6. The molecule has 2 aromatic carbocycles. The maximum absolute atomic E-state index is 10.4. The van der Waals surface area contributed by atoms with Gasteiger partial charge in [-0.05, 0) is 28.3 Å². The number of hydrogen-bond donors (Lipinski definition) is 4. The van der Waals surface area contributed by atoms with Crippen LogP contribution in [0.1, 0.15) is 16.7 Å². The molecule has 0 bridgehead atoms. The molecule has 0 heterocycles. The van der Waals surface area contributed by atoms with Gasteiger partial charge in [-0.1, -0.05) is 48.2 Å². The minimum Gasteiger partial charge on any atom is -0.465 e. The Kier molecular flexibility index (Phi) is 5.75. The Morgan fingerprint density at radius 2 is 1.65 bits per heavy atom. The summed E-state index contributed by atoms with van der Waals surface area (Å²) in [4.78, 5) is 10.4. The molecule has 5 nitrogen and oxygen atoms in total. The minimum atomic E-state index is -1.12. The highest BCUT2D eigenvalue weighted by Gasteiger charge is 2.05. The summed E-state index contributed by atoms with van der Waals surface area (Å²) >= 11 is 0. The Bertz CT molecular complexity index is 742. The monoisotopic (exact) mass is 311 g/mol. The number of aliphatic hydroxyl groups excluding tert-OH is 2. The average Bonchev–Trinajstić information content (AvgIpc) is 2.58. The molecule has 23 heavy (non-hydrogen) atoms. The minimum absolute atomic E-state index is 0.0166. The van der Waals surface area contributed by atoms with Crippen LogP contribution in [-0.2, 0) is 13.2 Å². The van der Waals surface area contributed by atoms with E-state index in [1.165, 1.54) is 0 Å². The lowest BCUT2D eigenvalue weighted by Crippen LogP contribution is -2.20. The molecule has 0 aliphatic heterocycles. The van der Waals surface area contributed by atoms with Gasteiger partial charge >= 0.3 is 6.09 Å². The number of amides is 1. The Hall–Kier alpha value is -2.81. The SMILES string of the molecule is O=C(O)NCC#Cc1cc(CO)ccc1-c1ccc(CO)cc1. The van der Waals surface area contributed by atoms with Gasteiger partial charge in [-0.25, -0.2) is 4.79 Å². The second kappa shape index (κ2) is 7.99. The van der Waals surface area contributed by atoms with Gasteiger partial charge in [0.2, 0.25) is 0 Å². The van der Waals surface area contributed by atoms with Crippen LogP contribution in [0.25, 0.3) is 11.1 Å². The van der Waals surface area contributed by atoms with E-state index in [-0.39, 0.29) is 19.8 Å². The molecule has 0 spiro atoms. The van der Waals surface area contributed by atoms with Crippen LogP contribution >= 0.6 is 0 Å². The Labute approximate surface area is 134 Å². The quantitative estimate of drug-likeness (QED) is 0.650. The highest BCUT2D eigenvalue weighted by molar-refractivity contribution is 5.72. The molecule has 0 aliphatic carbocycles. The predicted molar refractivity (Wildman–Crippen MR) is 86.6 cm³/mol. The smallest absolute Gasteiger partial charge is 0.405 e. The maximum atomic E-state index is 10.4. The van der Waals surface area contributed by atoms with E-state index in [4.69, 9.17) is 10.2 Å². The van der Waals surface area contributed by atoms with Gasteiger partial charge in [0.1, 0.15) is 0 Å². The third-order valence-corrected chi connectivity index (χ3v) is 3.27. The fourth-order valence-electron chi connectivity index (χ4n) is 2.09. The molecule has 0 saturated carbocycles. The molecule has 5 heteroatoms. The standard InChI is InChI=1S/C18H17NO4/c20-11-13-3-6-15(7-4-13)17-8-5-14(12-21)10-16(17)2-1-9-19-18(22)23/h3-8,10,19-21H,9,11-12H2,(H,22,23). The van der Waals surface area contributed by atoms with Crippen LogP contribution in [0.5, 0.6) is 0 Å². The third-order valence-electron chi connectivity index (χ3n) is 3.27. The third kappa shape index (κ3) is 4.58. The molecular formula is C18H17NO4. The van der Waals surface area contributed by atoms with Crippen LogP contribution in [-0.4, -0.2) is 28.0 Å². The summed E-state index contributed by atoms with van der Waals surface area (Å²) in [6, 6.07) is 12.9. The van der Waals surface area contributed by atoms with E-state index < -0.39 is 6.09 Å². The first-order chi connectivity index (χ1) is 11.1. The second-order valence-electron chi connectivity index (χ2n) is 4.85. The molecular weight excluding hydrogens is 294 g/mol. The summed E-state index contributed by atoms with van der Waals surface area (Å²) < 4.78 is 0. The zero-order valence-electron chi connectivity index (χ0n) is 12.4. The summed E-state index contributed by atoms with van der Waals surface area (Å²) in [5, 5.41) is 29.1. The van der Waals surface area contributed by atoms with Crippen molar-refractivity contribution in [2.24, 2.45) is 0 Å². The molecule has 2 rings (SSSR count). The number of benzene rings is 2. The number of carbonyl (C=O) groups is 1. The van der Waals surface area contributed by atoms with Gasteiger partial charge in [0.25, 0.3) is 0 Å². The molecule has 2 aromatic rings. The molecule has 0 atom stereocenters. The fourth-order valence-corrected chi connectivity index (χ4v) is 2.09. The van der Waals surface area contributed by atoms with Gasteiger partial charge in [0, 0.05) is 5.56 Å². The van der Waals surface area contributed by atoms with E-state index in [1.807, 2.05) is 36.4 Å². The maximum Gasteiger partial charge on any atom is 0.405 e. The molecule has 4 N–H and O–H groups in total.